The first kappa shape index (κ1) is 17.0. The minimum atomic E-state index is -0.377. The SMILES string of the molecule is Cc1ccc(/C=C2/C(=N)N3N=C(N4CCC(C)CC4)SC3=NC2=O)cc1. The van der Waals surface area contributed by atoms with Gasteiger partial charge in [0.05, 0.1) is 5.57 Å². The summed E-state index contributed by atoms with van der Waals surface area (Å²) in [5, 5.41) is 15.8. The second-order valence-corrected chi connectivity index (χ2v) is 7.92. The molecule has 1 N–H and O–H groups in total. The first-order chi connectivity index (χ1) is 12.5. The van der Waals surface area contributed by atoms with Crippen molar-refractivity contribution in [1.29, 1.82) is 5.41 Å². The molecule has 0 aromatic heterocycles. The number of nitrogens with one attached hydrogen (secondary N) is 1. The van der Waals surface area contributed by atoms with Gasteiger partial charge in [0.15, 0.2) is 11.0 Å². The molecule has 26 heavy (non-hydrogen) atoms. The van der Waals surface area contributed by atoms with E-state index in [-0.39, 0.29) is 17.3 Å². The third-order valence-corrected chi connectivity index (χ3v) is 5.86. The fourth-order valence-corrected chi connectivity index (χ4v) is 4.08. The van der Waals surface area contributed by atoms with Crippen LogP contribution in [0.2, 0.25) is 0 Å². The molecule has 134 valence electrons. The lowest BCUT2D eigenvalue weighted by Gasteiger charge is -2.30. The minimum Gasteiger partial charge on any atom is -0.349 e. The number of benzene rings is 1. The summed E-state index contributed by atoms with van der Waals surface area (Å²) in [6, 6.07) is 7.84. The van der Waals surface area contributed by atoms with Crippen molar-refractivity contribution in [1.82, 2.24) is 9.91 Å². The highest BCUT2D eigenvalue weighted by atomic mass is 32.2. The molecule has 6 nitrogen and oxygen atoms in total. The maximum atomic E-state index is 12.4. The Labute approximate surface area is 157 Å². The molecule has 1 aromatic rings. The summed E-state index contributed by atoms with van der Waals surface area (Å²) in [5.41, 5.74) is 2.30. The third-order valence-electron chi connectivity index (χ3n) is 4.89. The Morgan fingerprint density at radius 1 is 1.19 bits per heavy atom. The molecular formula is C19H21N5OS. The number of carbonyl (C=O) groups excluding carboxylic acids is 1. The fraction of sp³-hybridized carbons (Fsp3) is 0.368. The number of aryl methyl sites for hydroxylation is 1. The molecule has 1 aromatic carbocycles. The number of thioether (sulfide) groups is 1. The van der Waals surface area contributed by atoms with Crippen molar-refractivity contribution >= 4 is 39.9 Å². The molecule has 3 aliphatic heterocycles. The summed E-state index contributed by atoms with van der Waals surface area (Å²) in [6.07, 6.45) is 3.99. The van der Waals surface area contributed by atoms with Crippen LogP contribution in [-0.2, 0) is 4.79 Å². The number of fused-ring (bicyclic) bond motifs is 1. The van der Waals surface area contributed by atoms with E-state index < -0.39 is 0 Å². The van der Waals surface area contributed by atoms with Crippen LogP contribution < -0.4 is 0 Å². The van der Waals surface area contributed by atoms with E-state index in [2.05, 4.69) is 21.9 Å². The minimum absolute atomic E-state index is 0.0912. The van der Waals surface area contributed by atoms with Gasteiger partial charge in [-0.2, -0.15) is 10.0 Å². The second-order valence-electron chi connectivity index (χ2n) is 6.98. The quantitative estimate of drug-likeness (QED) is 0.773. The molecule has 0 radical (unpaired) electrons. The van der Waals surface area contributed by atoms with Gasteiger partial charge in [0, 0.05) is 13.1 Å². The Morgan fingerprint density at radius 3 is 2.58 bits per heavy atom. The van der Waals surface area contributed by atoms with Crippen molar-refractivity contribution < 1.29 is 4.79 Å². The van der Waals surface area contributed by atoms with E-state index in [1.54, 1.807) is 6.08 Å². The Kier molecular flexibility index (Phi) is 4.40. The Balaban J connectivity index is 1.59. The standard InChI is InChI=1S/C19H21N5OS/c1-12-3-5-14(6-4-12)11-15-16(20)24-18(21-17(15)25)26-19(22-24)23-9-7-13(2)8-10-23/h3-6,11,13,20H,7-10H2,1-2H3/b15-11-,20-16?. The number of hydrogen-bond donors (Lipinski definition) is 1. The number of piperidine rings is 1. The van der Waals surface area contributed by atoms with Crippen molar-refractivity contribution in [2.24, 2.45) is 16.0 Å². The summed E-state index contributed by atoms with van der Waals surface area (Å²) in [4.78, 5) is 18.8. The average molecular weight is 367 g/mol. The maximum Gasteiger partial charge on any atom is 0.283 e. The van der Waals surface area contributed by atoms with Crippen molar-refractivity contribution in [2.75, 3.05) is 13.1 Å². The van der Waals surface area contributed by atoms with Gasteiger partial charge in [-0.3, -0.25) is 10.2 Å². The third kappa shape index (κ3) is 3.19. The molecule has 0 bridgehead atoms. The molecule has 0 atom stereocenters. The van der Waals surface area contributed by atoms with Crippen LogP contribution in [-0.4, -0.2) is 45.1 Å². The number of nitrogens with zero attached hydrogens (tertiary/aromatic N) is 4. The van der Waals surface area contributed by atoms with Crippen LogP contribution in [0, 0.1) is 18.3 Å². The topological polar surface area (TPSA) is 72.1 Å². The van der Waals surface area contributed by atoms with Crippen LogP contribution in [0.3, 0.4) is 0 Å². The summed E-state index contributed by atoms with van der Waals surface area (Å²) < 4.78 is 0. The van der Waals surface area contributed by atoms with E-state index >= 15 is 0 Å². The number of rotatable bonds is 1. The van der Waals surface area contributed by atoms with Crippen LogP contribution in [0.25, 0.3) is 6.08 Å². The van der Waals surface area contributed by atoms with Gasteiger partial charge in [0.25, 0.3) is 5.91 Å². The monoisotopic (exact) mass is 367 g/mol. The molecule has 4 rings (SSSR count). The Morgan fingerprint density at radius 2 is 1.88 bits per heavy atom. The van der Waals surface area contributed by atoms with E-state index in [4.69, 9.17) is 5.41 Å². The van der Waals surface area contributed by atoms with Crippen molar-refractivity contribution in [3.05, 3.63) is 41.0 Å². The Bertz CT molecular complexity index is 847. The van der Waals surface area contributed by atoms with Crippen molar-refractivity contribution in [3.63, 3.8) is 0 Å². The van der Waals surface area contributed by atoms with Gasteiger partial charge >= 0.3 is 0 Å². The number of likely N-dealkylation sites (tertiary alicyclic amines) is 1. The van der Waals surface area contributed by atoms with Crippen LogP contribution >= 0.6 is 11.8 Å². The lowest BCUT2D eigenvalue weighted by atomic mass is 10.00. The number of aliphatic imine (C=N–C) groups is 1. The first-order valence-corrected chi connectivity index (χ1v) is 9.65. The molecule has 1 fully saturated rings. The molecule has 1 saturated heterocycles. The lowest BCUT2D eigenvalue weighted by molar-refractivity contribution is -0.114. The summed E-state index contributed by atoms with van der Waals surface area (Å²) in [6.45, 7) is 6.20. The zero-order valence-corrected chi connectivity index (χ0v) is 15.7. The van der Waals surface area contributed by atoms with Gasteiger partial charge in [-0.1, -0.05) is 36.8 Å². The normalized spacial score (nSPS) is 22.6. The Hall–Kier alpha value is -2.41. The van der Waals surface area contributed by atoms with E-state index in [1.807, 2.05) is 31.2 Å². The smallest absolute Gasteiger partial charge is 0.283 e. The van der Waals surface area contributed by atoms with E-state index in [1.165, 1.54) is 16.8 Å². The second kappa shape index (κ2) is 6.72. The molecule has 0 spiro atoms. The number of carbonyl (C=O) groups is 1. The molecule has 0 aliphatic carbocycles. The highest BCUT2D eigenvalue weighted by Gasteiger charge is 2.37. The number of amidine groups is 3. The predicted molar refractivity (Wildman–Crippen MR) is 106 cm³/mol. The summed E-state index contributed by atoms with van der Waals surface area (Å²) >= 11 is 1.38. The largest absolute Gasteiger partial charge is 0.349 e. The van der Waals surface area contributed by atoms with Crippen LogP contribution in [0.15, 0.2) is 39.9 Å². The first-order valence-electron chi connectivity index (χ1n) is 8.83. The van der Waals surface area contributed by atoms with Gasteiger partial charge in [0.1, 0.15) is 0 Å². The van der Waals surface area contributed by atoms with Crippen LogP contribution in [0.1, 0.15) is 30.9 Å². The molecule has 3 heterocycles. The average Bonchev–Trinajstić information content (AvgIpc) is 3.05. The molecule has 0 unspecified atom stereocenters. The van der Waals surface area contributed by atoms with Crippen LogP contribution in [0.5, 0.6) is 0 Å². The zero-order chi connectivity index (χ0) is 18.3. The van der Waals surface area contributed by atoms with Crippen molar-refractivity contribution in [3.8, 4) is 0 Å². The van der Waals surface area contributed by atoms with Gasteiger partial charge < -0.3 is 4.90 Å². The molecule has 1 amide bonds. The highest BCUT2D eigenvalue weighted by molar-refractivity contribution is 8.26. The fourth-order valence-electron chi connectivity index (χ4n) is 3.14. The van der Waals surface area contributed by atoms with Gasteiger partial charge in [-0.05, 0) is 49.1 Å². The van der Waals surface area contributed by atoms with E-state index in [9.17, 15) is 4.79 Å². The number of hydrazone groups is 1. The van der Waals surface area contributed by atoms with Gasteiger partial charge in [0.2, 0.25) is 5.17 Å². The lowest BCUT2D eigenvalue weighted by Crippen LogP contribution is -2.36. The van der Waals surface area contributed by atoms with Crippen LogP contribution in [0.4, 0.5) is 0 Å². The van der Waals surface area contributed by atoms with Crippen molar-refractivity contribution in [2.45, 2.75) is 26.7 Å². The van der Waals surface area contributed by atoms with E-state index in [0.717, 1.165) is 48.1 Å². The molecular weight excluding hydrogens is 346 g/mol. The molecule has 3 aliphatic rings. The van der Waals surface area contributed by atoms with Gasteiger partial charge in [-0.25, -0.2) is 0 Å². The zero-order valence-electron chi connectivity index (χ0n) is 14.9. The molecule has 7 heteroatoms. The predicted octanol–water partition coefficient (Wildman–Crippen LogP) is 3.30. The number of amides is 1. The summed E-state index contributed by atoms with van der Waals surface area (Å²) in [7, 11) is 0. The van der Waals surface area contributed by atoms with E-state index in [0.29, 0.717) is 5.17 Å². The maximum absolute atomic E-state index is 12.4. The number of hydrogen-bond acceptors (Lipinski definition) is 5. The summed E-state index contributed by atoms with van der Waals surface area (Å²) in [5.74, 6) is 0.452. The molecule has 0 saturated carbocycles. The highest BCUT2D eigenvalue weighted by Crippen LogP contribution is 2.31. The van der Waals surface area contributed by atoms with Gasteiger partial charge in [-0.15, -0.1) is 5.10 Å².